The summed E-state index contributed by atoms with van der Waals surface area (Å²) in [5.41, 5.74) is 1.76. The Morgan fingerprint density at radius 2 is 1.73 bits per heavy atom. The van der Waals surface area contributed by atoms with Crippen LogP contribution in [0.25, 0.3) is 11.3 Å². The van der Waals surface area contributed by atoms with Crippen molar-refractivity contribution in [1.29, 1.82) is 0 Å². The first-order valence-electron chi connectivity index (χ1n) is 10.0. The number of aromatic nitrogens is 1. The van der Waals surface area contributed by atoms with Gasteiger partial charge in [0.15, 0.2) is 4.34 Å². The van der Waals surface area contributed by atoms with Crippen LogP contribution in [-0.4, -0.2) is 55.9 Å². The maximum Gasteiger partial charge on any atom is 0.256 e. The molecule has 0 fully saturated rings. The molecule has 1 aromatic heterocycles. The minimum atomic E-state index is -3.58. The van der Waals surface area contributed by atoms with Gasteiger partial charge in [0.1, 0.15) is 10.7 Å². The number of thiazole rings is 1. The summed E-state index contributed by atoms with van der Waals surface area (Å²) in [4.78, 5) is 29.4. The van der Waals surface area contributed by atoms with E-state index >= 15 is 0 Å². The van der Waals surface area contributed by atoms with E-state index in [1.54, 1.807) is 0 Å². The van der Waals surface area contributed by atoms with Gasteiger partial charge in [0.25, 0.3) is 5.91 Å². The van der Waals surface area contributed by atoms with E-state index in [4.69, 9.17) is 0 Å². The van der Waals surface area contributed by atoms with E-state index in [1.807, 2.05) is 37.3 Å². The number of nitrogens with one attached hydrogen (secondary N) is 2. The Morgan fingerprint density at radius 3 is 2.33 bits per heavy atom. The molecule has 0 radical (unpaired) electrons. The predicted molar refractivity (Wildman–Crippen MR) is 132 cm³/mol. The van der Waals surface area contributed by atoms with E-state index in [9.17, 15) is 18.0 Å². The van der Waals surface area contributed by atoms with Crippen LogP contribution >= 0.6 is 23.1 Å². The first-order chi connectivity index (χ1) is 15.7. The molecule has 0 saturated carbocycles. The molecule has 2 aromatic carbocycles. The second kappa shape index (κ2) is 10.9. The van der Waals surface area contributed by atoms with Gasteiger partial charge in [-0.2, -0.15) is 0 Å². The number of hydrogen-bond acceptors (Lipinski definition) is 7. The van der Waals surface area contributed by atoms with Gasteiger partial charge in [-0.15, -0.1) is 0 Å². The Bertz CT molecular complexity index is 1220. The molecular weight excluding hydrogens is 480 g/mol. The Kier molecular flexibility index (Phi) is 8.25. The summed E-state index contributed by atoms with van der Waals surface area (Å²) in [6, 6.07) is 15.2. The van der Waals surface area contributed by atoms with Crippen LogP contribution in [0.1, 0.15) is 17.3 Å². The molecule has 0 aliphatic rings. The third kappa shape index (κ3) is 6.20. The number of hydrogen-bond donors (Lipinski definition) is 2. The van der Waals surface area contributed by atoms with Crippen LogP contribution in [0, 0.1) is 0 Å². The number of carbonyl (C=O) groups is 2. The largest absolute Gasteiger partial charge is 0.356 e. The second-order valence-electron chi connectivity index (χ2n) is 7.03. The molecule has 33 heavy (non-hydrogen) atoms. The maximum atomic E-state index is 12.9. The highest BCUT2D eigenvalue weighted by atomic mass is 32.2. The summed E-state index contributed by atoms with van der Waals surface area (Å²) < 4.78 is 26.3. The SMILES string of the molecule is CCNC(=O)CSc1nc(-c2ccccc2)c(NC(=O)c2ccc(S(=O)(=O)N(C)C)cc2)s1. The summed E-state index contributed by atoms with van der Waals surface area (Å²) in [7, 11) is -0.676. The number of carbonyl (C=O) groups excluding carboxylic acids is 2. The lowest BCUT2D eigenvalue weighted by molar-refractivity contribution is -0.118. The molecule has 11 heteroatoms. The molecule has 0 aliphatic carbocycles. The van der Waals surface area contributed by atoms with Crippen LogP contribution in [0.5, 0.6) is 0 Å². The number of anilines is 1. The Morgan fingerprint density at radius 1 is 1.06 bits per heavy atom. The third-order valence-corrected chi connectivity index (χ3v) is 8.42. The average Bonchev–Trinajstić information content (AvgIpc) is 3.21. The molecule has 0 atom stereocenters. The van der Waals surface area contributed by atoms with Crippen molar-refractivity contribution in [3.8, 4) is 11.3 Å². The van der Waals surface area contributed by atoms with E-state index in [-0.39, 0.29) is 22.5 Å². The minimum Gasteiger partial charge on any atom is -0.356 e. The van der Waals surface area contributed by atoms with Crippen molar-refractivity contribution in [2.45, 2.75) is 16.2 Å². The number of rotatable bonds is 9. The highest BCUT2D eigenvalue weighted by molar-refractivity contribution is 8.01. The van der Waals surface area contributed by atoms with Crippen LogP contribution in [0.15, 0.2) is 63.8 Å². The van der Waals surface area contributed by atoms with Crippen LogP contribution < -0.4 is 10.6 Å². The molecule has 2 amide bonds. The van der Waals surface area contributed by atoms with Gasteiger partial charge in [-0.25, -0.2) is 17.7 Å². The second-order valence-corrected chi connectivity index (χ2v) is 11.4. The molecule has 174 valence electrons. The topological polar surface area (TPSA) is 108 Å². The molecule has 0 aliphatic heterocycles. The van der Waals surface area contributed by atoms with Gasteiger partial charge in [0.2, 0.25) is 15.9 Å². The van der Waals surface area contributed by atoms with Crippen LogP contribution in [0.4, 0.5) is 5.00 Å². The molecule has 3 aromatic rings. The summed E-state index contributed by atoms with van der Waals surface area (Å²) in [6.07, 6.45) is 0. The Hall–Kier alpha value is -2.73. The van der Waals surface area contributed by atoms with Gasteiger partial charge in [-0.3, -0.25) is 9.59 Å². The molecule has 0 saturated heterocycles. The zero-order chi connectivity index (χ0) is 24.0. The number of benzene rings is 2. The first kappa shape index (κ1) is 24.9. The van der Waals surface area contributed by atoms with Crippen molar-refractivity contribution in [3.05, 3.63) is 60.2 Å². The molecule has 3 rings (SSSR count). The smallest absolute Gasteiger partial charge is 0.256 e. The van der Waals surface area contributed by atoms with E-state index in [1.165, 1.54) is 61.5 Å². The van der Waals surface area contributed by atoms with Crippen LogP contribution in [-0.2, 0) is 14.8 Å². The van der Waals surface area contributed by atoms with Gasteiger partial charge >= 0.3 is 0 Å². The zero-order valence-corrected chi connectivity index (χ0v) is 20.8. The highest BCUT2D eigenvalue weighted by Gasteiger charge is 2.20. The monoisotopic (exact) mass is 504 g/mol. The zero-order valence-electron chi connectivity index (χ0n) is 18.4. The molecule has 1 heterocycles. The fourth-order valence-electron chi connectivity index (χ4n) is 2.78. The lowest BCUT2D eigenvalue weighted by atomic mass is 10.1. The van der Waals surface area contributed by atoms with Gasteiger partial charge in [0, 0.05) is 31.8 Å². The third-order valence-electron chi connectivity index (χ3n) is 4.48. The van der Waals surface area contributed by atoms with Crippen LogP contribution in [0.2, 0.25) is 0 Å². The summed E-state index contributed by atoms with van der Waals surface area (Å²) in [5.74, 6) is -0.243. The molecule has 8 nitrogen and oxygen atoms in total. The van der Waals surface area contributed by atoms with Crippen molar-refractivity contribution in [2.24, 2.45) is 0 Å². The molecule has 0 spiro atoms. The van der Waals surface area contributed by atoms with E-state index in [2.05, 4.69) is 15.6 Å². The van der Waals surface area contributed by atoms with E-state index in [0.29, 0.717) is 27.1 Å². The number of sulfonamides is 1. The van der Waals surface area contributed by atoms with E-state index in [0.717, 1.165) is 9.87 Å². The maximum absolute atomic E-state index is 12.9. The molecule has 0 bridgehead atoms. The van der Waals surface area contributed by atoms with Gasteiger partial charge in [-0.05, 0) is 31.2 Å². The summed E-state index contributed by atoms with van der Waals surface area (Å²) in [5, 5.41) is 6.18. The van der Waals surface area contributed by atoms with Gasteiger partial charge < -0.3 is 10.6 Å². The standard InChI is InChI=1S/C22H24N4O4S3/c1-4-23-18(27)14-31-22-24-19(15-8-6-5-7-9-15)21(32-22)25-20(28)16-10-12-17(13-11-16)33(29,30)26(2)3/h5-13H,4,14H2,1-3H3,(H,23,27)(H,25,28). The summed E-state index contributed by atoms with van der Waals surface area (Å²) in [6.45, 7) is 2.41. The number of amides is 2. The van der Waals surface area contributed by atoms with Gasteiger partial charge in [0.05, 0.1) is 10.6 Å². The molecule has 2 N–H and O–H groups in total. The van der Waals surface area contributed by atoms with Crippen molar-refractivity contribution in [2.75, 3.05) is 31.7 Å². The Balaban J connectivity index is 1.84. The fourth-order valence-corrected chi connectivity index (χ4v) is 5.57. The first-order valence-corrected chi connectivity index (χ1v) is 13.3. The summed E-state index contributed by atoms with van der Waals surface area (Å²) >= 11 is 2.59. The van der Waals surface area contributed by atoms with Crippen molar-refractivity contribution in [1.82, 2.24) is 14.6 Å². The van der Waals surface area contributed by atoms with Crippen molar-refractivity contribution >= 4 is 49.9 Å². The van der Waals surface area contributed by atoms with Gasteiger partial charge in [-0.1, -0.05) is 53.4 Å². The lowest BCUT2D eigenvalue weighted by Crippen LogP contribution is -2.24. The predicted octanol–water partition coefficient (Wildman–Crippen LogP) is 3.54. The number of nitrogens with zero attached hydrogens (tertiary/aromatic N) is 2. The quantitative estimate of drug-likeness (QED) is 0.432. The minimum absolute atomic E-state index is 0.0858. The van der Waals surface area contributed by atoms with Crippen molar-refractivity contribution in [3.63, 3.8) is 0 Å². The van der Waals surface area contributed by atoms with Crippen molar-refractivity contribution < 1.29 is 18.0 Å². The van der Waals surface area contributed by atoms with E-state index < -0.39 is 10.0 Å². The van der Waals surface area contributed by atoms with Crippen LogP contribution in [0.3, 0.4) is 0 Å². The Labute approximate surface area is 201 Å². The lowest BCUT2D eigenvalue weighted by Gasteiger charge is -2.11. The average molecular weight is 505 g/mol. The highest BCUT2D eigenvalue weighted by Crippen LogP contribution is 2.37. The molecule has 0 unspecified atom stereocenters. The fraction of sp³-hybridized carbons (Fsp3) is 0.227. The normalized spacial score (nSPS) is 11.4. The molecular formula is C22H24N4O4S3. The number of thioether (sulfide) groups is 1.